The van der Waals surface area contributed by atoms with E-state index < -0.39 is 0 Å². The number of fused-ring (bicyclic) bond motifs is 2. The van der Waals surface area contributed by atoms with Gasteiger partial charge in [-0.05, 0) is 23.6 Å². The summed E-state index contributed by atoms with van der Waals surface area (Å²) < 4.78 is 17.2. The second-order valence-electron chi connectivity index (χ2n) is 6.43. The highest BCUT2D eigenvalue weighted by Gasteiger charge is 2.10. The summed E-state index contributed by atoms with van der Waals surface area (Å²) >= 11 is 0. The lowest BCUT2D eigenvalue weighted by Gasteiger charge is -2.11. The molecular weight excluding hydrogens is 354 g/mol. The molecule has 0 radical (unpaired) electrons. The maximum Gasteiger partial charge on any atom is 0.193 e. The van der Waals surface area contributed by atoms with Crippen molar-refractivity contribution in [3.05, 3.63) is 60.7 Å². The summed E-state index contributed by atoms with van der Waals surface area (Å²) in [5.74, 6) is 2.65. The van der Waals surface area contributed by atoms with E-state index in [0.29, 0.717) is 32.3 Å². The number of rotatable bonds is 5. The molecule has 1 heterocycles. The van der Waals surface area contributed by atoms with Crippen molar-refractivity contribution >= 4 is 22.4 Å². The summed E-state index contributed by atoms with van der Waals surface area (Å²) in [6, 6.07) is 19.8. The van der Waals surface area contributed by atoms with Gasteiger partial charge >= 0.3 is 0 Å². The van der Waals surface area contributed by atoms with Crippen molar-refractivity contribution < 1.29 is 14.2 Å². The Hall–Kier alpha value is -3.41. The van der Waals surface area contributed by atoms with Crippen molar-refractivity contribution in [2.75, 3.05) is 31.7 Å². The van der Waals surface area contributed by atoms with Gasteiger partial charge in [-0.1, -0.05) is 36.4 Å². The fraction of sp³-hybridized carbons (Fsp3) is 0.227. The lowest BCUT2D eigenvalue weighted by molar-refractivity contribution is 0.297. The molecule has 28 heavy (non-hydrogen) atoms. The molecule has 0 saturated heterocycles. The second kappa shape index (κ2) is 8.52. The van der Waals surface area contributed by atoms with Gasteiger partial charge in [0.1, 0.15) is 12.4 Å². The van der Waals surface area contributed by atoms with Crippen molar-refractivity contribution in [3.8, 4) is 17.2 Å². The molecular formula is C22H23N3O3. The molecule has 0 aromatic heterocycles. The smallest absolute Gasteiger partial charge is 0.193 e. The number of hydrogen-bond donors (Lipinski definition) is 2. The van der Waals surface area contributed by atoms with Gasteiger partial charge in [0.25, 0.3) is 0 Å². The van der Waals surface area contributed by atoms with Gasteiger partial charge < -0.3 is 25.3 Å². The van der Waals surface area contributed by atoms with Crippen LogP contribution < -0.4 is 25.3 Å². The SMILES string of the molecule is NC(=NCCOc1cccc2ccccc12)Nc1ccc2c(c1)OCCCO2. The number of guanidine groups is 1. The maximum atomic E-state index is 5.99. The summed E-state index contributed by atoms with van der Waals surface area (Å²) in [7, 11) is 0. The van der Waals surface area contributed by atoms with Crippen molar-refractivity contribution in [2.24, 2.45) is 10.7 Å². The molecule has 0 bridgehead atoms. The van der Waals surface area contributed by atoms with Gasteiger partial charge in [0.2, 0.25) is 0 Å². The number of aliphatic imine (C=N–C) groups is 1. The molecule has 0 fully saturated rings. The Kier molecular flexibility index (Phi) is 5.47. The van der Waals surface area contributed by atoms with E-state index in [2.05, 4.69) is 22.4 Å². The number of nitrogens with one attached hydrogen (secondary N) is 1. The predicted octanol–water partition coefficient (Wildman–Crippen LogP) is 3.81. The van der Waals surface area contributed by atoms with Crippen LogP contribution in [-0.2, 0) is 0 Å². The van der Waals surface area contributed by atoms with Crippen LogP contribution in [0.5, 0.6) is 17.2 Å². The Bertz CT molecular complexity index is 982. The molecule has 1 aliphatic heterocycles. The first-order chi connectivity index (χ1) is 13.8. The minimum atomic E-state index is 0.330. The predicted molar refractivity (Wildman–Crippen MR) is 112 cm³/mol. The maximum absolute atomic E-state index is 5.99. The van der Waals surface area contributed by atoms with Crippen molar-refractivity contribution in [1.29, 1.82) is 0 Å². The van der Waals surface area contributed by atoms with Gasteiger partial charge in [0.05, 0.1) is 19.8 Å². The summed E-state index contributed by atoms with van der Waals surface area (Å²) in [6.45, 7) is 2.20. The van der Waals surface area contributed by atoms with Crippen LogP contribution in [0.2, 0.25) is 0 Å². The highest BCUT2D eigenvalue weighted by Crippen LogP contribution is 2.32. The molecule has 3 N–H and O–H groups in total. The Morgan fingerprint density at radius 2 is 1.82 bits per heavy atom. The zero-order valence-electron chi connectivity index (χ0n) is 15.6. The first-order valence-corrected chi connectivity index (χ1v) is 9.37. The van der Waals surface area contributed by atoms with Gasteiger partial charge in [0.15, 0.2) is 17.5 Å². The zero-order chi connectivity index (χ0) is 19.2. The average molecular weight is 377 g/mol. The first-order valence-electron chi connectivity index (χ1n) is 9.37. The Morgan fingerprint density at radius 1 is 1.00 bits per heavy atom. The molecule has 0 unspecified atom stereocenters. The third-order valence-electron chi connectivity index (χ3n) is 4.40. The van der Waals surface area contributed by atoms with Crippen molar-refractivity contribution in [1.82, 2.24) is 0 Å². The molecule has 0 amide bonds. The number of anilines is 1. The van der Waals surface area contributed by atoms with Crippen LogP contribution in [0.15, 0.2) is 65.7 Å². The van der Waals surface area contributed by atoms with Crippen LogP contribution in [0.1, 0.15) is 6.42 Å². The monoisotopic (exact) mass is 377 g/mol. The summed E-state index contributed by atoms with van der Waals surface area (Å²) in [5.41, 5.74) is 6.80. The van der Waals surface area contributed by atoms with E-state index in [9.17, 15) is 0 Å². The quantitative estimate of drug-likeness (QED) is 0.402. The Balaban J connectivity index is 1.33. The van der Waals surface area contributed by atoms with Crippen LogP contribution in [0.4, 0.5) is 5.69 Å². The fourth-order valence-electron chi connectivity index (χ4n) is 3.07. The molecule has 144 valence electrons. The largest absolute Gasteiger partial charge is 0.491 e. The number of ether oxygens (including phenoxy) is 3. The lowest BCUT2D eigenvalue weighted by atomic mass is 10.1. The minimum Gasteiger partial charge on any atom is -0.491 e. The highest BCUT2D eigenvalue weighted by molar-refractivity contribution is 5.92. The van der Waals surface area contributed by atoms with Crippen molar-refractivity contribution in [2.45, 2.75) is 6.42 Å². The normalized spacial score (nSPS) is 13.8. The van der Waals surface area contributed by atoms with E-state index in [-0.39, 0.29) is 0 Å². The Labute approximate surface area is 163 Å². The number of nitrogens with zero attached hydrogens (tertiary/aromatic N) is 1. The van der Waals surface area contributed by atoms with Crippen LogP contribution in [0.25, 0.3) is 10.8 Å². The second-order valence-corrected chi connectivity index (χ2v) is 6.43. The molecule has 3 aromatic carbocycles. The molecule has 3 aromatic rings. The molecule has 0 atom stereocenters. The van der Waals surface area contributed by atoms with Gasteiger partial charge in [-0.2, -0.15) is 0 Å². The van der Waals surface area contributed by atoms with Gasteiger partial charge in [0, 0.05) is 23.6 Å². The zero-order valence-corrected chi connectivity index (χ0v) is 15.6. The molecule has 0 spiro atoms. The molecule has 6 nitrogen and oxygen atoms in total. The van der Waals surface area contributed by atoms with Crippen LogP contribution in [0.3, 0.4) is 0 Å². The van der Waals surface area contributed by atoms with Gasteiger partial charge in [-0.3, -0.25) is 0 Å². The standard InChI is InChI=1S/C22H23N3O3/c23-22(25-17-9-10-20-21(15-17)27-13-4-12-26-20)24-11-14-28-19-8-3-6-16-5-1-2-7-18(16)19/h1-3,5-10,15H,4,11-14H2,(H3,23,24,25). The summed E-state index contributed by atoms with van der Waals surface area (Å²) in [5, 5.41) is 5.32. The molecule has 0 aliphatic carbocycles. The summed E-state index contributed by atoms with van der Waals surface area (Å²) in [4.78, 5) is 4.33. The van der Waals surface area contributed by atoms with E-state index in [4.69, 9.17) is 19.9 Å². The fourth-order valence-corrected chi connectivity index (χ4v) is 3.07. The van der Waals surface area contributed by atoms with Crippen LogP contribution in [0, 0.1) is 0 Å². The summed E-state index contributed by atoms with van der Waals surface area (Å²) in [6.07, 6.45) is 0.873. The number of benzene rings is 3. The molecule has 0 saturated carbocycles. The molecule has 4 rings (SSSR count). The van der Waals surface area contributed by atoms with E-state index in [0.717, 1.165) is 40.1 Å². The van der Waals surface area contributed by atoms with Gasteiger partial charge in [-0.15, -0.1) is 0 Å². The third-order valence-corrected chi connectivity index (χ3v) is 4.40. The highest BCUT2D eigenvalue weighted by atomic mass is 16.5. The van der Waals surface area contributed by atoms with E-state index >= 15 is 0 Å². The van der Waals surface area contributed by atoms with Crippen molar-refractivity contribution in [3.63, 3.8) is 0 Å². The molecule has 6 heteroatoms. The average Bonchev–Trinajstić information content (AvgIpc) is 2.96. The van der Waals surface area contributed by atoms with Crippen LogP contribution >= 0.6 is 0 Å². The van der Waals surface area contributed by atoms with Crippen LogP contribution in [-0.4, -0.2) is 32.3 Å². The first kappa shape index (κ1) is 18.0. The van der Waals surface area contributed by atoms with E-state index in [1.807, 2.05) is 48.5 Å². The molecule has 1 aliphatic rings. The lowest BCUT2D eigenvalue weighted by Crippen LogP contribution is -2.23. The van der Waals surface area contributed by atoms with E-state index in [1.54, 1.807) is 0 Å². The third kappa shape index (κ3) is 4.28. The number of hydrogen-bond acceptors (Lipinski definition) is 4. The Morgan fingerprint density at radius 3 is 2.75 bits per heavy atom. The minimum absolute atomic E-state index is 0.330. The topological polar surface area (TPSA) is 78.1 Å². The van der Waals surface area contributed by atoms with Gasteiger partial charge in [-0.25, -0.2) is 4.99 Å². The van der Waals surface area contributed by atoms with E-state index in [1.165, 1.54) is 0 Å². The number of nitrogens with two attached hydrogens (primary N) is 1.